The number of carbonyl (C=O) groups is 4. The van der Waals surface area contributed by atoms with Gasteiger partial charge in [-0.3, -0.25) is 19.3 Å². The fraction of sp³-hybridized carbons (Fsp3) is 0.273. The summed E-state index contributed by atoms with van der Waals surface area (Å²) in [6.07, 6.45) is 0.188. The van der Waals surface area contributed by atoms with Gasteiger partial charge in [0.05, 0.1) is 26.9 Å². The minimum Gasteiger partial charge on any atom is -0.454 e. The number of carbonyl (C=O) groups excluding carboxylic acids is 4. The lowest BCUT2D eigenvalue weighted by Crippen LogP contribution is -2.47. The molecule has 0 radical (unpaired) electrons. The lowest BCUT2D eigenvalue weighted by molar-refractivity contribution is -0.151. The number of anilines is 1. The molecule has 13 heteroatoms. The molecule has 0 aliphatic carbocycles. The van der Waals surface area contributed by atoms with Crippen molar-refractivity contribution in [3.05, 3.63) is 53.7 Å². The molecule has 0 bridgehead atoms. The van der Waals surface area contributed by atoms with Crippen molar-refractivity contribution < 1.29 is 23.9 Å². The largest absolute Gasteiger partial charge is 0.454 e. The van der Waals surface area contributed by atoms with E-state index in [9.17, 15) is 19.2 Å². The van der Waals surface area contributed by atoms with E-state index in [2.05, 4.69) is 95.7 Å². The molecular weight excluding hydrogens is 951 g/mol. The number of nitrogens with zero attached hydrogens (tertiary/aromatic N) is 1. The second-order valence-electron chi connectivity index (χ2n) is 7.89. The van der Waals surface area contributed by atoms with E-state index in [1.54, 1.807) is 18.2 Å². The van der Waals surface area contributed by atoms with Gasteiger partial charge >= 0.3 is 5.97 Å². The Bertz CT molecular complexity index is 1210. The van der Waals surface area contributed by atoms with Crippen molar-refractivity contribution in [1.82, 2.24) is 4.90 Å². The van der Waals surface area contributed by atoms with Crippen LogP contribution in [0.15, 0.2) is 18.2 Å². The number of halogens is 6. The molecule has 0 fully saturated rings. The number of fused-ring (bicyclic) bond motifs is 1. The van der Waals surface area contributed by atoms with Gasteiger partial charge < -0.3 is 10.1 Å². The molecule has 1 unspecified atom stereocenters. The number of hydrogen-bond donors (Lipinski definition) is 1. The molecule has 3 amide bonds. The summed E-state index contributed by atoms with van der Waals surface area (Å²) in [4.78, 5) is 53.2. The smallest absolute Gasteiger partial charge is 0.329 e. The molecule has 0 spiro atoms. The van der Waals surface area contributed by atoms with Gasteiger partial charge in [-0.15, -0.1) is 0 Å². The highest BCUT2D eigenvalue weighted by Crippen LogP contribution is 2.39. The zero-order valence-corrected chi connectivity index (χ0v) is 28.2. The molecule has 3 rings (SSSR count). The van der Waals surface area contributed by atoms with Gasteiger partial charge in [0, 0.05) is 14.3 Å². The molecule has 0 saturated carbocycles. The van der Waals surface area contributed by atoms with Gasteiger partial charge in [-0.2, -0.15) is 0 Å². The Morgan fingerprint density at radius 2 is 1.51 bits per heavy atom. The number of esters is 1. The van der Waals surface area contributed by atoms with Crippen LogP contribution in [0.3, 0.4) is 0 Å². The third-order valence-corrected chi connectivity index (χ3v) is 13.2. The van der Waals surface area contributed by atoms with Crippen LogP contribution in [0.1, 0.15) is 41.0 Å². The molecule has 1 atom stereocenters. The second-order valence-corrected chi connectivity index (χ2v) is 13.0. The van der Waals surface area contributed by atoms with Crippen LogP contribution in [-0.4, -0.2) is 41.2 Å². The SMILES string of the molecule is CC(C)CC(C(=O)OCC(=O)Nc1cccc(Cl)c1Cl)N1C(=O)c2c(I)c(I)c(I)c(I)c2C1=O. The number of rotatable bonds is 7. The Balaban J connectivity index is 1.83. The van der Waals surface area contributed by atoms with Crippen molar-refractivity contribution in [3.63, 3.8) is 0 Å². The van der Waals surface area contributed by atoms with Crippen LogP contribution in [0, 0.1) is 20.2 Å². The summed E-state index contributed by atoms with van der Waals surface area (Å²) in [6, 6.07) is 3.57. The minimum absolute atomic E-state index is 0.0330. The normalized spacial score (nSPS) is 13.8. The van der Waals surface area contributed by atoms with Gasteiger partial charge in [0.2, 0.25) is 0 Å². The minimum atomic E-state index is -1.17. The van der Waals surface area contributed by atoms with Gasteiger partial charge in [0.15, 0.2) is 6.61 Å². The van der Waals surface area contributed by atoms with E-state index >= 15 is 0 Å². The predicted octanol–water partition coefficient (Wildman–Crippen LogP) is 6.60. The van der Waals surface area contributed by atoms with Crippen LogP contribution in [0.25, 0.3) is 0 Å². The number of imide groups is 1. The molecule has 0 aromatic heterocycles. The van der Waals surface area contributed by atoms with Gasteiger partial charge in [-0.05, 0) is 115 Å². The lowest BCUT2D eigenvalue weighted by atomic mass is 10.0. The fourth-order valence-electron chi connectivity index (χ4n) is 3.42. The van der Waals surface area contributed by atoms with E-state index in [1.165, 1.54) is 0 Å². The molecule has 1 aliphatic heterocycles. The van der Waals surface area contributed by atoms with Crippen LogP contribution in [0.5, 0.6) is 0 Å². The monoisotopic (exact) mass is 966 g/mol. The van der Waals surface area contributed by atoms with Crippen molar-refractivity contribution in [3.8, 4) is 0 Å². The summed E-state index contributed by atoms with van der Waals surface area (Å²) >= 11 is 20.4. The topological polar surface area (TPSA) is 92.8 Å². The highest BCUT2D eigenvalue weighted by atomic mass is 127. The highest BCUT2D eigenvalue weighted by Gasteiger charge is 2.47. The van der Waals surface area contributed by atoms with Crippen LogP contribution in [0.4, 0.5) is 5.69 Å². The third-order valence-electron chi connectivity index (χ3n) is 4.98. The van der Waals surface area contributed by atoms with Crippen molar-refractivity contribution in [2.75, 3.05) is 11.9 Å². The maximum atomic E-state index is 13.4. The first-order valence-electron chi connectivity index (χ1n) is 10.0. The average molecular weight is 967 g/mol. The summed E-state index contributed by atoms with van der Waals surface area (Å²) < 4.78 is 8.31. The Morgan fingerprint density at radius 1 is 0.971 bits per heavy atom. The molecule has 1 heterocycles. The quantitative estimate of drug-likeness (QED) is 0.111. The van der Waals surface area contributed by atoms with E-state index in [4.69, 9.17) is 27.9 Å². The number of nitrogens with one attached hydrogen (secondary N) is 1. The third kappa shape index (κ3) is 6.20. The maximum absolute atomic E-state index is 13.4. The summed E-state index contributed by atoms with van der Waals surface area (Å²) in [5.74, 6) is -2.59. The molecule has 1 N–H and O–H groups in total. The molecule has 35 heavy (non-hydrogen) atoms. The van der Waals surface area contributed by atoms with Crippen LogP contribution < -0.4 is 5.32 Å². The van der Waals surface area contributed by atoms with Gasteiger partial charge in [0.1, 0.15) is 6.04 Å². The fourth-order valence-corrected chi connectivity index (χ4v) is 7.42. The highest BCUT2D eigenvalue weighted by molar-refractivity contribution is 14.1. The van der Waals surface area contributed by atoms with E-state index in [0.29, 0.717) is 18.3 Å². The number of amides is 3. The summed E-state index contributed by atoms with van der Waals surface area (Å²) in [6.45, 7) is 3.11. The predicted molar refractivity (Wildman–Crippen MR) is 167 cm³/mol. The van der Waals surface area contributed by atoms with Crippen molar-refractivity contribution >= 4 is 143 Å². The number of benzene rings is 2. The number of ether oxygens (including phenoxy) is 1. The van der Waals surface area contributed by atoms with Crippen LogP contribution >= 0.6 is 114 Å². The Hall–Kier alpha value is 0.0200. The Kier molecular flexibility index (Phi) is 10.4. The van der Waals surface area contributed by atoms with E-state index in [1.807, 2.05) is 13.8 Å². The van der Waals surface area contributed by atoms with Gasteiger partial charge in [-0.25, -0.2) is 4.79 Å². The first-order valence-corrected chi connectivity index (χ1v) is 15.1. The molecule has 2 aromatic carbocycles. The van der Waals surface area contributed by atoms with E-state index < -0.39 is 36.3 Å². The van der Waals surface area contributed by atoms with Gasteiger partial charge in [0.25, 0.3) is 17.7 Å². The van der Waals surface area contributed by atoms with Crippen molar-refractivity contribution in [2.24, 2.45) is 5.92 Å². The molecular formula is C22H16Cl2I4N2O5. The average Bonchev–Trinajstić information content (AvgIpc) is 3.06. The first-order chi connectivity index (χ1) is 16.4. The van der Waals surface area contributed by atoms with Crippen LogP contribution in [-0.2, 0) is 14.3 Å². The standard InChI is InChI=1S/C22H16Cl2I4N2O5/c1-8(2)6-11(22(34)35-7-12(31)29-10-5-3-4-9(23)15(10)24)30-20(32)13-14(21(30)33)17(26)19(28)18(27)16(13)25/h3-5,8,11H,6-7H2,1-2H3,(H,29,31). The van der Waals surface area contributed by atoms with Gasteiger partial charge in [-0.1, -0.05) is 43.1 Å². The zero-order chi connectivity index (χ0) is 26.2. The molecule has 2 aromatic rings. The Morgan fingerprint density at radius 3 is 2.03 bits per heavy atom. The molecule has 186 valence electrons. The second kappa shape index (κ2) is 12.3. The summed E-state index contributed by atoms with van der Waals surface area (Å²) in [5, 5.41) is 2.95. The van der Waals surface area contributed by atoms with E-state index in [-0.39, 0.29) is 28.1 Å². The molecule has 1 aliphatic rings. The molecule has 7 nitrogen and oxygen atoms in total. The summed E-state index contributed by atoms with van der Waals surface area (Å²) in [7, 11) is 0. The van der Waals surface area contributed by atoms with E-state index in [0.717, 1.165) is 12.0 Å². The summed E-state index contributed by atoms with van der Waals surface area (Å²) in [5.41, 5.74) is 0.854. The van der Waals surface area contributed by atoms with Crippen molar-refractivity contribution in [1.29, 1.82) is 0 Å². The maximum Gasteiger partial charge on any atom is 0.329 e. The van der Waals surface area contributed by atoms with Crippen molar-refractivity contribution in [2.45, 2.75) is 26.3 Å². The molecule has 0 saturated heterocycles. The first kappa shape index (κ1) is 29.6. The lowest BCUT2D eigenvalue weighted by Gasteiger charge is -2.26. The van der Waals surface area contributed by atoms with Crippen LogP contribution in [0.2, 0.25) is 10.0 Å². The Labute approximate surface area is 266 Å². The number of hydrogen-bond acceptors (Lipinski definition) is 5. The zero-order valence-electron chi connectivity index (χ0n) is 18.1.